The van der Waals surface area contributed by atoms with Crippen LogP contribution < -0.4 is 71.8 Å². The lowest BCUT2D eigenvalue weighted by Gasteiger charge is -2.48. The molecule has 0 spiro atoms. The lowest BCUT2D eigenvalue weighted by molar-refractivity contribution is -0.274. The van der Waals surface area contributed by atoms with E-state index in [2.05, 4.69) is 254 Å². The molecule has 27 nitrogen and oxygen atoms in total. The molecule has 4 aliphatic heterocycles. The van der Waals surface area contributed by atoms with Gasteiger partial charge < -0.3 is 69.2 Å². The lowest BCUT2D eigenvalue weighted by atomic mass is 9.79. The van der Waals surface area contributed by atoms with E-state index in [1.54, 1.807) is 104 Å². The fraction of sp³-hybridized carbons (Fsp3) is 0.485. The van der Waals surface area contributed by atoms with Crippen LogP contribution in [0.15, 0.2) is 155 Å². The zero-order valence-corrected chi connectivity index (χ0v) is 83.4. The number of nitrogens with one attached hydrogen (secondary N) is 5. The van der Waals surface area contributed by atoms with Gasteiger partial charge in [0.05, 0.1) is 37.1 Å². The standard InChI is InChI=1S/C25H30F3N5O2S.C25H33N5O2S.C24H31N5O2S.C23H32N6S/c1-23(2)13-17(14-24(3,4)31-23)33(6)22-30-29-21(36-22)18-8-7-15(11-19(18)35-25(26,27)28)16-9-10-32(5)20(34)12-16;1-24(2)13-18(14-25(3,4)28-24)30(6)23-27-26-22(33-23)19-10-8-16(12-20(19)32-7)17-9-11-21(31)29(5)15-17;1-23(2)12-17(13-24(3,4)28-23)29(5)22-27-26-21(32-22)18-9-7-15(11-19(18)31-6)16-8-10-20(30)25-14-16;1-15-10-16(17-13-24-28(6)14-17)8-9-19(15)20-25-26-21(30-20)29(7)18-11-22(2,3)27-23(4,5)12-18/h7-12,17,31H,13-14H2,1-6H3;8-12,15,18,28H,13-14H2,1-7H3;7-11,14,17,28H,12-13H2,1-6H3,(H,25,30);8-10,13-14,18,27H,11-12H2,1-7H3. The van der Waals surface area contributed by atoms with E-state index in [0.717, 1.165) is 138 Å². The number of aryl methyl sites for hydroxylation is 4. The SMILES string of the molecule is CN(c1nnc(-c2ccc(-c3ccn(C)c(=O)c3)cc2OC(F)(F)F)s1)C1CC(C)(C)NC(C)(C)C1.COc1cc(-c2ccc(=O)[nH]c2)ccc1-c1nnc(N(C)C2CC(C)(C)NC(C)(C)C2)s1.COc1cc(-c2ccc(=O)n(C)c2)ccc1-c1nnc(N(C)C2CC(C)(C)NC(C)(C)C2)s1.Cc1cc(-c2cnn(C)c2)ccc1-c1nnc(N(C)C2CC(C)(C)NC(C)(C)C2)s1. The van der Waals surface area contributed by atoms with E-state index in [4.69, 9.17) is 9.47 Å². The van der Waals surface area contributed by atoms with Crippen LogP contribution in [0.25, 0.3) is 86.8 Å². The third kappa shape index (κ3) is 24.5. The van der Waals surface area contributed by atoms with Crippen LogP contribution in [0.3, 0.4) is 0 Å². The minimum absolute atomic E-state index is 0.0339. The molecule has 4 fully saturated rings. The highest BCUT2D eigenvalue weighted by Gasteiger charge is 2.45. The zero-order valence-electron chi connectivity index (χ0n) is 80.1. The summed E-state index contributed by atoms with van der Waals surface area (Å²) < 4.78 is 60.4. The van der Waals surface area contributed by atoms with Gasteiger partial charge in [-0.1, -0.05) is 81.7 Å². The number of hydrogen-bond acceptors (Lipinski definition) is 27. The predicted molar refractivity (Wildman–Crippen MR) is 526 cm³/mol. The Bertz CT molecular complexity index is 6150. The van der Waals surface area contributed by atoms with E-state index in [9.17, 15) is 27.6 Å². The van der Waals surface area contributed by atoms with E-state index in [0.29, 0.717) is 39.4 Å². The Morgan fingerprint density at radius 1 is 0.382 bits per heavy atom. The van der Waals surface area contributed by atoms with Gasteiger partial charge >= 0.3 is 6.36 Å². The van der Waals surface area contributed by atoms with E-state index >= 15 is 0 Å². The first-order chi connectivity index (χ1) is 61.2. The molecule has 8 aromatic heterocycles. The van der Waals surface area contributed by atoms with Gasteiger partial charge in [-0.25, -0.2) is 0 Å². The largest absolute Gasteiger partial charge is 0.573 e. The number of alkyl halides is 3. The Balaban J connectivity index is 0.000000149. The van der Waals surface area contributed by atoms with Crippen LogP contribution in [0.1, 0.15) is 168 Å². The maximum absolute atomic E-state index is 13.3. The number of nitrogens with zero attached hydrogens (tertiary/aromatic N) is 16. The summed E-state index contributed by atoms with van der Waals surface area (Å²) >= 11 is 6.05. The van der Waals surface area contributed by atoms with Crippen molar-refractivity contribution < 1.29 is 27.4 Å². The molecule has 0 radical (unpaired) electrons. The molecular formula is C97H126F3N21O6S4. The minimum Gasteiger partial charge on any atom is -0.496 e. The van der Waals surface area contributed by atoms with Crippen LogP contribution >= 0.6 is 45.3 Å². The Kier molecular flexibility index (Phi) is 28.5. The molecule has 34 heteroatoms. The summed E-state index contributed by atoms with van der Waals surface area (Å²) in [7, 11) is 16.9. The molecule has 0 atom stereocenters. The second kappa shape index (κ2) is 38.2. The van der Waals surface area contributed by atoms with Crippen molar-refractivity contribution in [1.82, 2.24) is 86.0 Å². The van der Waals surface area contributed by atoms with Gasteiger partial charge in [0, 0.05) is 172 Å². The number of H-pyrrole nitrogens is 1. The summed E-state index contributed by atoms with van der Waals surface area (Å²) in [5.74, 6) is 1.06. The summed E-state index contributed by atoms with van der Waals surface area (Å²) in [5.41, 5.74) is 11.3. The number of halogens is 3. The van der Waals surface area contributed by atoms with E-state index in [-0.39, 0.29) is 72.6 Å². The Hall–Kier alpha value is -10.6. The Morgan fingerprint density at radius 3 is 1.05 bits per heavy atom. The number of pyridine rings is 3. The molecule has 700 valence electrons. The molecular weight excluding hydrogens is 1740 g/mol. The van der Waals surface area contributed by atoms with Crippen LogP contribution in [0.5, 0.6) is 17.2 Å². The van der Waals surface area contributed by atoms with Crippen molar-refractivity contribution >= 4 is 65.9 Å². The minimum atomic E-state index is -4.89. The van der Waals surface area contributed by atoms with Crippen molar-refractivity contribution in [2.75, 3.05) is 62.0 Å². The molecule has 131 heavy (non-hydrogen) atoms. The average Bonchev–Trinajstić information content (AvgIpc) is 1.76. The maximum atomic E-state index is 13.3. The third-order valence-electron chi connectivity index (χ3n) is 24.5. The van der Waals surface area contributed by atoms with Crippen molar-refractivity contribution in [2.24, 2.45) is 21.1 Å². The van der Waals surface area contributed by atoms with Crippen molar-refractivity contribution in [3.8, 4) is 104 Å². The molecule has 0 unspecified atom stereocenters. The van der Waals surface area contributed by atoms with Crippen molar-refractivity contribution in [3.05, 3.63) is 177 Å². The molecule has 5 N–H and O–H groups in total. The molecule has 12 aromatic rings. The molecule has 4 aromatic carbocycles. The Morgan fingerprint density at radius 2 is 0.710 bits per heavy atom. The fourth-order valence-corrected chi connectivity index (χ4v) is 23.3. The first-order valence-corrected chi connectivity index (χ1v) is 47.3. The molecule has 0 amide bonds. The first kappa shape index (κ1) is 97.9. The van der Waals surface area contributed by atoms with Gasteiger partial charge in [0.1, 0.15) is 22.3 Å². The summed E-state index contributed by atoms with van der Waals surface area (Å²) in [6, 6.07) is 34.1. The number of methoxy groups -OCH3 is 2. The van der Waals surface area contributed by atoms with Crippen LogP contribution in [-0.2, 0) is 21.1 Å². The number of aromatic nitrogens is 13. The van der Waals surface area contributed by atoms with Gasteiger partial charge in [-0.3, -0.25) is 19.1 Å². The number of anilines is 4. The predicted octanol–water partition coefficient (Wildman–Crippen LogP) is 18.5. The number of hydrogen-bond donors (Lipinski definition) is 5. The van der Waals surface area contributed by atoms with E-state index in [1.807, 2.05) is 79.8 Å². The molecule has 0 aliphatic carbocycles. The van der Waals surface area contributed by atoms with Crippen LogP contribution in [0.2, 0.25) is 0 Å². The van der Waals surface area contributed by atoms with Gasteiger partial charge in [-0.15, -0.1) is 54.0 Å². The second-order valence-electron chi connectivity index (χ2n) is 40.5. The first-order valence-electron chi connectivity index (χ1n) is 44.0. The van der Waals surface area contributed by atoms with Gasteiger partial charge in [0.15, 0.2) is 15.0 Å². The molecule has 4 aliphatic rings. The topological polar surface area (TPSA) is 287 Å². The fourth-order valence-electron chi connectivity index (χ4n) is 19.6. The van der Waals surface area contributed by atoms with Crippen molar-refractivity contribution in [3.63, 3.8) is 0 Å². The molecule has 0 saturated carbocycles. The van der Waals surface area contributed by atoms with E-state index < -0.39 is 12.1 Å². The quantitative estimate of drug-likeness (QED) is 0.0503. The number of benzene rings is 4. The van der Waals surface area contributed by atoms with Crippen molar-refractivity contribution in [1.29, 1.82) is 0 Å². The van der Waals surface area contributed by atoms with Gasteiger partial charge in [-0.05, 0) is 268 Å². The summed E-state index contributed by atoms with van der Waals surface area (Å²) in [6.07, 6.45) is 12.2. The maximum Gasteiger partial charge on any atom is 0.573 e. The van der Waals surface area contributed by atoms with Crippen molar-refractivity contribution in [2.45, 2.75) is 244 Å². The average molecular weight is 1870 g/mol. The molecule has 16 rings (SSSR count). The van der Waals surface area contributed by atoms with Gasteiger partial charge in [-0.2, -0.15) is 5.10 Å². The van der Waals surface area contributed by atoms with E-state index in [1.165, 1.54) is 51.3 Å². The molecule has 0 bridgehead atoms. The summed E-state index contributed by atoms with van der Waals surface area (Å²) in [4.78, 5) is 46.7. The van der Waals surface area contributed by atoms with Crippen LogP contribution in [0.4, 0.5) is 33.7 Å². The third-order valence-corrected chi connectivity index (χ3v) is 28.7. The summed E-state index contributed by atoms with van der Waals surface area (Å²) in [6.45, 7) is 38.0. The van der Waals surface area contributed by atoms with Crippen LogP contribution in [0, 0.1) is 6.92 Å². The number of rotatable bonds is 19. The zero-order chi connectivity index (χ0) is 95.2. The highest BCUT2D eigenvalue weighted by molar-refractivity contribution is 7.19. The lowest BCUT2D eigenvalue weighted by Crippen LogP contribution is -2.61. The van der Waals surface area contributed by atoms with Crippen LogP contribution in [-0.4, -0.2) is 182 Å². The normalized spacial score (nSPS) is 17.9. The van der Waals surface area contributed by atoms with Gasteiger partial charge in [0.2, 0.25) is 31.6 Å². The number of ether oxygens (including phenoxy) is 3. The second-order valence-corrected chi connectivity index (χ2v) is 44.3. The smallest absolute Gasteiger partial charge is 0.496 e. The molecule has 12 heterocycles. The number of piperidine rings is 4. The highest BCUT2D eigenvalue weighted by atomic mass is 32.1. The highest BCUT2D eigenvalue weighted by Crippen LogP contribution is 2.46. The monoisotopic (exact) mass is 1870 g/mol. The number of aromatic amines is 1. The molecule has 4 saturated heterocycles. The Labute approximate surface area is 782 Å². The summed E-state index contributed by atoms with van der Waals surface area (Å²) in [5, 5.41) is 61.1. The van der Waals surface area contributed by atoms with Gasteiger partial charge in [0.25, 0.3) is 5.56 Å².